The lowest BCUT2D eigenvalue weighted by molar-refractivity contribution is -0.121. The molecule has 0 spiro atoms. The van der Waals surface area contributed by atoms with Gasteiger partial charge >= 0.3 is 0 Å². The van der Waals surface area contributed by atoms with Crippen LogP contribution in [-0.4, -0.2) is 25.6 Å². The van der Waals surface area contributed by atoms with E-state index in [0.717, 1.165) is 28.6 Å². The topological polar surface area (TPSA) is 55.6 Å². The Morgan fingerprint density at radius 1 is 1.21 bits per heavy atom. The highest BCUT2D eigenvalue weighted by molar-refractivity contribution is 6.03. The highest BCUT2D eigenvalue weighted by atomic mass is 16.5. The van der Waals surface area contributed by atoms with Crippen molar-refractivity contribution in [3.05, 3.63) is 36.4 Å². The number of nitrogens with zero attached hydrogens (tertiary/aromatic N) is 1. The second kappa shape index (κ2) is 4.90. The predicted octanol–water partition coefficient (Wildman–Crippen LogP) is 1.91. The molecule has 1 amide bonds. The zero-order valence-corrected chi connectivity index (χ0v) is 10.6. The lowest BCUT2D eigenvalue weighted by Gasteiger charge is -2.30. The predicted molar refractivity (Wildman–Crippen MR) is 75.5 cm³/mol. The van der Waals surface area contributed by atoms with Gasteiger partial charge in [0.15, 0.2) is 12.4 Å². The summed E-state index contributed by atoms with van der Waals surface area (Å²) in [6.07, 6.45) is 0.790. The normalized spacial score (nSPS) is 14.4. The molecule has 1 heterocycles. The van der Waals surface area contributed by atoms with Gasteiger partial charge in [0.2, 0.25) is 0 Å². The number of nitrogens with two attached hydrogens (primary N) is 1. The maximum absolute atomic E-state index is 12.0. The molecule has 4 nitrogen and oxygen atoms in total. The number of benzene rings is 2. The Morgan fingerprint density at radius 3 is 2.89 bits per heavy atom. The minimum atomic E-state index is -0.00349. The molecule has 2 N–H and O–H groups in total. The van der Waals surface area contributed by atoms with Gasteiger partial charge in [-0.3, -0.25) is 4.79 Å². The molecule has 0 fully saturated rings. The van der Waals surface area contributed by atoms with E-state index in [2.05, 4.69) is 0 Å². The monoisotopic (exact) mass is 256 g/mol. The molecule has 1 aliphatic rings. The Bertz CT molecular complexity index is 625. The maximum atomic E-state index is 12.0. The van der Waals surface area contributed by atoms with Crippen LogP contribution in [0.3, 0.4) is 0 Å². The third kappa shape index (κ3) is 2.04. The quantitative estimate of drug-likeness (QED) is 0.912. The first-order valence-electron chi connectivity index (χ1n) is 6.46. The van der Waals surface area contributed by atoms with Crippen LogP contribution < -0.4 is 15.4 Å². The molecule has 19 heavy (non-hydrogen) atoms. The summed E-state index contributed by atoms with van der Waals surface area (Å²) in [4.78, 5) is 13.7. The molecule has 0 aliphatic carbocycles. The van der Waals surface area contributed by atoms with Crippen LogP contribution in [0, 0.1) is 0 Å². The first kappa shape index (κ1) is 12.0. The zero-order valence-electron chi connectivity index (χ0n) is 10.6. The van der Waals surface area contributed by atoms with Gasteiger partial charge in [0.1, 0.15) is 0 Å². The van der Waals surface area contributed by atoms with Gasteiger partial charge in [-0.05, 0) is 24.4 Å². The van der Waals surface area contributed by atoms with Gasteiger partial charge in [-0.25, -0.2) is 0 Å². The molecule has 2 aromatic carbocycles. The second-order valence-corrected chi connectivity index (χ2v) is 4.61. The fourth-order valence-electron chi connectivity index (χ4n) is 2.44. The van der Waals surface area contributed by atoms with Crippen LogP contribution in [0.4, 0.5) is 5.69 Å². The van der Waals surface area contributed by atoms with E-state index in [1.54, 1.807) is 4.90 Å². The molecule has 98 valence electrons. The molecule has 0 bridgehead atoms. The van der Waals surface area contributed by atoms with Crippen LogP contribution in [0.5, 0.6) is 5.75 Å². The number of ether oxygens (including phenoxy) is 1. The summed E-state index contributed by atoms with van der Waals surface area (Å²) >= 11 is 0. The van der Waals surface area contributed by atoms with Crippen LogP contribution in [0.2, 0.25) is 0 Å². The van der Waals surface area contributed by atoms with Crippen LogP contribution in [-0.2, 0) is 4.79 Å². The largest absolute Gasteiger partial charge is 0.481 e. The third-order valence-corrected chi connectivity index (χ3v) is 3.38. The zero-order chi connectivity index (χ0) is 13.2. The lowest BCUT2D eigenvalue weighted by Crippen LogP contribution is -2.40. The van der Waals surface area contributed by atoms with Gasteiger partial charge in [0.05, 0.1) is 5.69 Å². The second-order valence-electron chi connectivity index (χ2n) is 4.61. The van der Waals surface area contributed by atoms with Crippen LogP contribution in [0.1, 0.15) is 6.42 Å². The Balaban J connectivity index is 2.10. The molecule has 0 saturated heterocycles. The number of carbonyl (C=O) groups excluding carboxylic acids is 1. The van der Waals surface area contributed by atoms with Crippen molar-refractivity contribution in [2.75, 3.05) is 24.6 Å². The average molecular weight is 256 g/mol. The van der Waals surface area contributed by atoms with Gasteiger partial charge in [0.25, 0.3) is 5.91 Å². The lowest BCUT2D eigenvalue weighted by atomic mass is 10.1. The molecular weight excluding hydrogens is 240 g/mol. The van der Waals surface area contributed by atoms with Gasteiger partial charge in [-0.1, -0.05) is 30.3 Å². The van der Waals surface area contributed by atoms with Gasteiger partial charge < -0.3 is 15.4 Å². The van der Waals surface area contributed by atoms with Crippen LogP contribution >= 0.6 is 0 Å². The van der Waals surface area contributed by atoms with Crippen molar-refractivity contribution in [1.82, 2.24) is 0 Å². The van der Waals surface area contributed by atoms with Crippen molar-refractivity contribution < 1.29 is 9.53 Å². The fourth-order valence-corrected chi connectivity index (χ4v) is 2.44. The van der Waals surface area contributed by atoms with E-state index >= 15 is 0 Å². The van der Waals surface area contributed by atoms with E-state index < -0.39 is 0 Å². The van der Waals surface area contributed by atoms with Crippen LogP contribution in [0.15, 0.2) is 36.4 Å². The van der Waals surface area contributed by atoms with E-state index in [0.29, 0.717) is 13.1 Å². The molecule has 4 heteroatoms. The molecule has 0 aromatic heterocycles. The summed E-state index contributed by atoms with van der Waals surface area (Å²) in [6, 6.07) is 12.0. The minimum absolute atomic E-state index is 0.00349. The number of amides is 1. The summed E-state index contributed by atoms with van der Waals surface area (Å²) in [5.41, 5.74) is 6.38. The average Bonchev–Trinajstić information content (AvgIpc) is 2.46. The number of carbonyl (C=O) groups is 1. The van der Waals surface area contributed by atoms with E-state index in [1.807, 2.05) is 36.4 Å². The first-order chi connectivity index (χ1) is 9.31. The van der Waals surface area contributed by atoms with Crippen molar-refractivity contribution in [3.8, 4) is 5.75 Å². The first-order valence-corrected chi connectivity index (χ1v) is 6.46. The summed E-state index contributed by atoms with van der Waals surface area (Å²) < 4.78 is 5.64. The van der Waals surface area contributed by atoms with E-state index in [1.165, 1.54) is 0 Å². The standard InChI is InChI=1S/C15H16N2O2/c16-8-3-9-17-13-7-6-11-4-1-2-5-12(11)15(13)19-10-14(17)18/h1-2,4-7H,3,8-10,16H2. The number of fused-ring (bicyclic) bond motifs is 3. The number of anilines is 1. The third-order valence-electron chi connectivity index (χ3n) is 3.38. The molecule has 0 radical (unpaired) electrons. The molecular formula is C15H16N2O2. The summed E-state index contributed by atoms with van der Waals surface area (Å²) in [5, 5.41) is 2.17. The summed E-state index contributed by atoms with van der Waals surface area (Å²) in [5.74, 6) is 0.797. The minimum Gasteiger partial charge on any atom is -0.481 e. The molecule has 1 aliphatic heterocycles. The SMILES string of the molecule is NCCCN1C(=O)COc2c1ccc1ccccc21. The van der Waals surface area contributed by atoms with Crippen molar-refractivity contribution in [1.29, 1.82) is 0 Å². The van der Waals surface area contributed by atoms with Gasteiger partial charge in [-0.2, -0.15) is 0 Å². The van der Waals surface area contributed by atoms with Crippen molar-refractivity contribution in [3.63, 3.8) is 0 Å². The number of hydrogen-bond donors (Lipinski definition) is 1. The van der Waals surface area contributed by atoms with Crippen molar-refractivity contribution in [2.45, 2.75) is 6.42 Å². The van der Waals surface area contributed by atoms with Crippen molar-refractivity contribution >= 4 is 22.4 Å². The van der Waals surface area contributed by atoms with Crippen LogP contribution in [0.25, 0.3) is 10.8 Å². The van der Waals surface area contributed by atoms with E-state index in [4.69, 9.17) is 10.5 Å². The molecule has 3 rings (SSSR count). The van der Waals surface area contributed by atoms with E-state index in [-0.39, 0.29) is 12.5 Å². The number of hydrogen-bond acceptors (Lipinski definition) is 3. The fraction of sp³-hybridized carbons (Fsp3) is 0.267. The number of rotatable bonds is 3. The van der Waals surface area contributed by atoms with Gasteiger partial charge in [-0.15, -0.1) is 0 Å². The molecule has 2 aromatic rings. The smallest absolute Gasteiger partial charge is 0.265 e. The Kier molecular flexibility index (Phi) is 3.09. The molecule has 0 atom stereocenters. The Morgan fingerprint density at radius 2 is 2.05 bits per heavy atom. The highest BCUT2D eigenvalue weighted by Gasteiger charge is 2.26. The molecule has 0 saturated carbocycles. The summed E-state index contributed by atoms with van der Waals surface area (Å²) in [6.45, 7) is 1.32. The Hall–Kier alpha value is -2.07. The van der Waals surface area contributed by atoms with Gasteiger partial charge in [0, 0.05) is 11.9 Å². The van der Waals surface area contributed by atoms with Crippen molar-refractivity contribution in [2.24, 2.45) is 5.73 Å². The van der Waals surface area contributed by atoms with E-state index in [9.17, 15) is 4.79 Å². The Labute approximate surface area is 111 Å². The maximum Gasteiger partial charge on any atom is 0.265 e. The summed E-state index contributed by atoms with van der Waals surface area (Å²) in [7, 11) is 0. The molecule has 0 unspecified atom stereocenters. The highest BCUT2D eigenvalue weighted by Crippen LogP contribution is 2.38.